The van der Waals surface area contributed by atoms with Crippen molar-refractivity contribution in [3.63, 3.8) is 0 Å². The molecule has 0 atom stereocenters. The van der Waals surface area contributed by atoms with Crippen LogP contribution in [0.1, 0.15) is 11.3 Å². The van der Waals surface area contributed by atoms with E-state index in [9.17, 15) is 0 Å². The van der Waals surface area contributed by atoms with Crippen LogP contribution in [0.4, 0.5) is 0 Å². The molecule has 0 spiro atoms. The van der Waals surface area contributed by atoms with Crippen LogP contribution in [-0.2, 0) is 6.42 Å². The minimum atomic E-state index is 0.176. The van der Waals surface area contributed by atoms with Crippen molar-refractivity contribution in [1.82, 2.24) is 9.61 Å². The maximum absolute atomic E-state index is 8.83. The van der Waals surface area contributed by atoms with Gasteiger partial charge >= 0.3 is 0 Å². The number of fused-ring (bicyclic) bond motifs is 1. The molecule has 0 saturated carbocycles. The lowest BCUT2D eigenvalue weighted by atomic mass is 10.2. The molecule has 0 aliphatic heterocycles. The Morgan fingerprint density at radius 2 is 2.31 bits per heavy atom. The summed E-state index contributed by atoms with van der Waals surface area (Å²) in [5.41, 5.74) is 3.31. The Labute approximate surface area is 76.6 Å². The molecule has 2 rings (SSSR count). The topological polar surface area (TPSA) is 37.5 Å². The molecule has 2 aromatic heterocycles. The number of aliphatic hydroxyl groups is 1. The highest BCUT2D eigenvalue weighted by atomic mass is 16.2. The number of aliphatic hydroxyl groups excluding tert-OH is 1. The van der Waals surface area contributed by atoms with Crippen molar-refractivity contribution in [1.29, 1.82) is 0 Å². The SMILES string of the molecule is Cc1cccc2c(CCO)cnn12. The normalized spacial score (nSPS) is 10.9. The first kappa shape index (κ1) is 8.26. The molecule has 0 bridgehead atoms. The third kappa shape index (κ3) is 1.31. The number of hydrogen-bond donors (Lipinski definition) is 1. The van der Waals surface area contributed by atoms with Crippen LogP contribution in [0, 0.1) is 6.92 Å². The summed E-state index contributed by atoms with van der Waals surface area (Å²) < 4.78 is 1.89. The average Bonchev–Trinajstić information content (AvgIpc) is 2.51. The van der Waals surface area contributed by atoms with Gasteiger partial charge in [-0.15, -0.1) is 0 Å². The maximum Gasteiger partial charge on any atom is 0.0697 e. The van der Waals surface area contributed by atoms with Crippen LogP contribution in [0.15, 0.2) is 24.4 Å². The zero-order chi connectivity index (χ0) is 9.26. The van der Waals surface area contributed by atoms with Crippen LogP contribution >= 0.6 is 0 Å². The minimum Gasteiger partial charge on any atom is -0.396 e. The molecular formula is C10H12N2O. The zero-order valence-electron chi connectivity index (χ0n) is 7.57. The molecule has 0 amide bonds. The number of hydrogen-bond acceptors (Lipinski definition) is 2. The number of rotatable bonds is 2. The van der Waals surface area contributed by atoms with Gasteiger partial charge in [0.25, 0.3) is 0 Å². The van der Waals surface area contributed by atoms with E-state index >= 15 is 0 Å². The van der Waals surface area contributed by atoms with Gasteiger partial charge in [-0.1, -0.05) is 6.07 Å². The fourth-order valence-electron chi connectivity index (χ4n) is 1.51. The molecule has 0 saturated heterocycles. The molecule has 0 aliphatic carbocycles. The number of aryl methyl sites for hydroxylation is 1. The summed E-state index contributed by atoms with van der Waals surface area (Å²) in [7, 11) is 0. The summed E-state index contributed by atoms with van der Waals surface area (Å²) >= 11 is 0. The molecule has 68 valence electrons. The molecule has 0 fully saturated rings. The average molecular weight is 176 g/mol. The van der Waals surface area contributed by atoms with Gasteiger partial charge in [-0.3, -0.25) is 0 Å². The smallest absolute Gasteiger partial charge is 0.0697 e. The van der Waals surface area contributed by atoms with E-state index in [1.807, 2.05) is 35.8 Å². The molecule has 3 nitrogen and oxygen atoms in total. The first-order valence-electron chi connectivity index (χ1n) is 4.36. The van der Waals surface area contributed by atoms with Crippen LogP contribution in [0.2, 0.25) is 0 Å². The van der Waals surface area contributed by atoms with E-state index in [0.29, 0.717) is 6.42 Å². The standard InChI is InChI=1S/C10H12N2O/c1-8-3-2-4-10-9(5-6-13)7-11-12(8)10/h2-4,7,13H,5-6H2,1H3. The van der Waals surface area contributed by atoms with E-state index in [4.69, 9.17) is 5.11 Å². The van der Waals surface area contributed by atoms with Gasteiger partial charge in [0.15, 0.2) is 0 Å². The number of nitrogens with zero attached hydrogens (tertiary/aromatic N) is 2. The first-order valence-corrected chi connectivity index (χ1v) is 4.36. The highest BCUT2D eigenvalue weighted by Gasteiger charge is 2.03. The molecule has 2 aromatic rings. The second-order valence-electron chi connectivity index (χ2n) is 3.11. The molecule has 0 aromatic carbocycles. The van der Waals surface area contributed by atoms with E-state index in [0.717, 1.165) is 16.8 Å². The predicted molar refractivity (Wildman–Crippen MR) is 50.7 cm³/mol. The molecule has 0 unspecified atom stereocenters. The molecule has 1 N–H and O–H groups in total. The van der Waals surface area contributed by atoms with Gasteiger partial charge in [0.05, 0.1) is 11.7 Å². The molecule has 0 radical (unpaired) electrons. The Bertz CT molecular complexity index is 420. The van der Waals surface area contributed by atoms with Crippen molar-refractivity contribution in [2.45, 2.75) is 13.3 Å². The van der Waals surface area contributed by atoms with Crippen molar-refractivity contribution >= 4 is 5.52 Å². The van der Waals surface area contributed by atoms with E-state index in [-0.39, 0.29) is 6.61 Å². The number of aromatic nitrogens is 2. The largest absolute Gasteiger partial charge is 0.396 e. The highest BCUT2D eigenvalue weighted by Crippen LogP contribution is 2.12. The van der Waals surface area contributed by atoms with Gasteiger partial charge < -0.3 is 5.11 Å². The van der Waals surface area contributed by atoms with E-state index in [2.05, 4.69) is 5.10 Å². The Morgan fingerprint density at radius 1 is 1.46 bits per heavy atom. The third-order valence-corrected chi connectivity index (χ3v) is 2.19. The Hall–Kier alpha value is -1.35. The van der Waals surface area contributed by atoms with Crippen molar-refractivity contribution < 1.29 is 5.11 Å². The fourth-order valence-corrected chi connectivity index (χ4v) is 1.51. The van der Waals surface area contributed by atoms with Gasteiger partial charge in [-0.2, -0.15) is 5.10 Å². The highest BCUT2D eigenvalue weighted by molar-refractivity contribution is 5.54. The van der Waals surface area contributed by atoms with E-state index < -0.39 is 0 Å². The minimum absolute atomic E-state index is 0.176. The third-order valence-electron chi connectivity index (χ3n) is 2.19. The predicted octanol–water partition coefficient (Wildman–Crippen LogP) is 1.18. The van der Waals surface area contributed by atoms with Crippen LogP contribution < -0.4 is 0 Å². The Kier molecular flexibility index (Phi) is 2.02. The summed E-state index contributed by atoms with van der Waals surface area (Å²) in [6, 6.07) is 6.04. The lowest BCUT2D eigenvalue weighted by molar-refractivity contribution is 0.300. The van der Waals surface area contributed by atoms with Crippen molar-refractivity contribution in [3.05, 3.63) is 35.7 Å². The van der Waals surface area contributed by atoms with Gasteiger partial charge in [0.2, 0.25) is 0 Å². The lowest BCUT2D eigenvalue weighted by Gasteiger charge is -1.98. The number of pyridine rings is 1. The van der Waals surface area contributed by atoms with E-state index in [1.165, 1.54) is 0 Å². The van der Waals surface area contributed by atoms with Crippen molar-refractivity contribution in [2.24, 2.45) is 0 Å². The van der Waals surface area contributed by atoms with Gasteiger partial charge in [-0.25, -0.2) is 4.52 Å². The summed E-state index contributed by atoms with van der Waals surface area (Å²) in [6.07, 6.45) is 2.49. The molecule has 2 heterocycles. The fraction of sp³-hybridized carbons (Fsp3) is 0.300. The summed E-state index contributed by atoms with van der Waals surface area (Å²) in [6.45, 7) is 2.19. The second-order valence-corrected chi connectivity index (χ2v) is 3.11. The molecule has 13 heavy (non-hydrogen) atoms. The van der Waals surface area contributed by atoms with E-state index in [1.54, 1.807) is 0 Å². The first-order chi connectivity index (χ1) is 6.33. The van der Waals surface area contributed by atoms with Crippen LogP contribution in [0.3, 0.4) is 0 Å². The van der Waals surface area contributed by atoms with Crippen LogP contribution in [0.5, 0.6) is 0 Å². The monoisotopic (exact) mass is 176 g/mol. The van der Waals surface area contributed by atoms with Gasteiger partial charge in [0, 0.05) is 17.9 Å². The van der Waals surface area contributed by atoms with Crippen molar-refractivity contribution in [2.75, 3.05) is 6.61 Å². The maximum atomic E-state index is 8.83. The molecular weight excluding hydrogens is 164 g/mol. The van der Waals surface area contributed by atoms with Gasteiger partial charge in [0.1, 0.15) is 0 Å². The second kappa shape index (κ2) is 3.18. The molecule has 3 heteroatoms. The van der Waals surface area contributed by atoms with Crippen molar-refractivity contribution in [3.8, 4) is 0 Å². The summed E-state index contributed by atoms with van der Waals surface area (Å²) in [4.78, 5) is 0. The lowest BCUT2D eigenvalue weighted by Crippen LogP contribution is -1.93. The summed E-state index contributed by atoms with van der Waals surface area (Å²) in [5.74, 6) is 0. The quantitative estimate of drug-likeness (QED) is 0.746. The summed E-state index contributed by atoms with van der Waals surface area (Å²) in [5, 5.41) is 13.1. The zero-order valence-corrected chi connectivity index (χ0v) is 7.57. The van der Waals surface area contributed by atoms with Crippen LogP contribution in [-0.4, -0.2) is 21.3 Å². The Balaban J connectivity index is 2.61. The van der Waals surface area contributed by atoms with Crippen LogP contribution in [0.25, 0.3) is 5.52 Å². The Morgan fingerprint density at radius 3 is 3.08 bits per heavy atom. The van der Waals surface area contributed by atoms with Gasteiger partial charge in [-0.05, 0) is 25.5 Å². The molecule has 0 aliphatic rings.